The Labute approximate surface area is 207 Å². The van der Waals surface area contributed by atoms with E-state index < -0.39 is 11.7 Å². The van der Waals surface area contributed by atoms with E-state index in [0.29, 0.717) is 37.4 Å². The summed E-state index contributed by atoms with van der Waals surface area (Å²) < 4.78 is 16.8. The van der Waals surface area contributed by atoms with E-state index in [0.717, 1.165) is 36.8 Å². The molecule has 2 amide bonds. The van der Waals surface area contributed by atoms with Crippen molar-refractivity contribution in [3.05, 3.63) is 59.7 Å². The van der Waals surface area contributed by atoms with Crippen molar-refractivity contribution in [3.63, 3.8) is 0 Å². The molecule has 35 heavy (non-hydrogen) atoms. The van der Waals surface area contributed by atoms with Gasteiger partial charge in [0.25, 0.3) is 0 Å². The molecule has 1 saturated heterocycles. The number of benzene rings is 2. The minimum absolute atomic E-state index is 0.150. The van der Waals surface area contributed by atoms with Crippen molar-refractivity contribution in [3.8, 4) is 11.5 Å². The van der Waals surface area contributed by atoms with E-state index >= 15 is 0 Å². The van der Waals surface area contributed by atoms with Gasteiger partial charge in [-0.25, -0.2) is 4.79 Å². The number of carbonyl (C=O) groups is 2. The van der Waals surface area contributed by atoms with Gasteiger partial charge in [0.15, 0.2) is 0 Å². The molecule has 4 rings (SSSR count). The molecule has 1 saturated carbocycles. The van der Waals surface area contributed by atoms with E-state index in [4.69, 9.17) is 14.2 Å². The Morgan fingerprint density at radius 3 is 2.34 bits per heavy atom. The summed E-state index contributed by atoms with van der Waals surface area (Å²) in [6, 6.07) is 15.3. The molecular formula is C28H36N2O5. The summed E-state index contributed by atoms with van der Waals surface area (Å²) in [5, 5.41) is 2.88. The van der Waals surface area contributed by atoms with Crippen molar-refractivity contribution >= 4 is 12.0 Å². The molecule has 0 aromatic heterocycles. The molecule has 7 heteroatoms. The second kappa shape index (κ2) is 11.5. The number of ether oxygens (including phenoxy) is 3. The molecule has 188 valence electrons. The first kappa shape index (κ1) is 24.9. The third kappa shape index (κ3) is 5.89. The number of nitrogens with zero attached hydrogens (tertiary/aromatic N) is 1. The van der Waals surface area contributed by atoms with Crippen molar-refractivity contribution in [2.75, 3.05) is 27.3 Å². The number of nitrogens with one attached hydrogen (secondary N) is 1. The Morgan fingerprint density at radius 1 is 0.971 bits per heavy atom. The number of carbonyl (C=O) groups excluding carboxylic acids is 2. The molecule has 0 spiro atoms. The van der Waals surface area contributed by atoms with E-state index in [-0.39, 0.29) is 18.4 Å². The fourth-order valence-electron chi connectivity index (χ4n) is 5.27. The number of hydrogen-bond donors (Lipinski definition) is 1. The zero-order valence-electron chi connectivity index (χ0n) is 20.8. The van der Waals surface area contributed by atoms with Crippen LogP contribution in [0.5, 0.6) is 11.5 Å². The summed E-state index contributed by atoms with van der Waals surface area (Å²) in [5.41, 5.74) is 1.02. The quantitative estimate of drug-likeness (QED) is 0.602. The van der Waals surface area contributed by atoms with E-state index in [1.54, 1.807) is 20.3 Å². The topological polar surface area (TPSA) is 77.1 Å². The Bertz CT molecular complexity index is 996. The van der Waals surface area contributed by atoms with Crippen LogP contribution in [0.2, 0.25) is 0 Å². The third-order valence-electron chi connectivity index (χ3n) is 7.34. The Morgan fingerprint density at radius 2 is 1.69 bits per heavy atom. The molecule has 2 aromatic rings. The molecule has 1 aliphatic carbocycles. The number of rotatable bonds is 7. The number of hydrogen-bond acceptors (Lipinski definition) is 5. The Kier molecular flexibility index (Phi) is 8.16. The lowest BCUT2D eigenvalue weighted by Crippen LogP contribution is -2.49. The average Bonchev–Trinajstić information content (AvgIpc) is 2.92. The summed E-state index contributed by atoms with van der Waals surface area (Å²) in [6.45, 7) is 1.44. The molecular weight excluding hydrogens is 444 g/mol. The number of amides is 2. The summed E-state index contributed by atoms with van der Waals surface area (Å²) in [6.07, 6.45) is 6.16. The first-order chi connectivity index (χ1) is 17.0. The molecule has 1 aliphatic heterocycles. The maximum absolute atomic E-state index is 13.1. The number of piperidine rings is 1. The van der Waals surface area contributed by atoms with Gasteiger partial charge in [0.05, 0.1) is 14.2 Å². The van der Waals surface area contributed by atoms with Crippen LogP contribution in [0.15, 0.2) is 48.5 Å². The van der Waals surface area contributed by atoms with Crippen molar-refractivity contribution in [1.82, 2.24) is 10.2 Å². The Balaban J connectivity index is 1.42. The van der Waals surface area contributed by atoms with Crippen molar-refractivity contribution < 1.29 is 23.8 Å². The highest BCUT2D eigenvalue weighted by Crippen LogP contribution is 2.38. The third-order valence-corrected chi connectivity index (χ3v) is 7.34. The second-order valence-corrected chi connectivity index (χ2v) is 9.44. The van der Waals surface area contributed by atoms with Gasteiger partial charge in [0, 0.05) is 50.0 Å². The molecule has 0 atom stereocenters. The zero-order valence-corrected chi connectivity index (χ0v) is 20.8. The van der Waals surface area contributed by atoms with Gasteiger partial charge in [-0.05, 0) is 30.5 Å². The molecule has 2 aromatic carbocycles. The van der Waals surface area contributed by atoms with Gasteiger partial charge in [-0.15, -0.1) is 0 Å². The second-order valence-electron chi connectivity index (χ2n) is 9.44. The largest absolute Gasteiger partial charge is 0.497 e. The van der Waals surface area contributed by atoms with Crippen LogP contribution in [0.25, 0.3) is 0 Å². The molecule has 2 aliphatic rings. The van der Waals surface area contributed by atoms with E-state index in [1.807, 2.05) is 47.4 Å². The fourth-order valence-corrected chi connectivity index (χ4v) is 5.27. The highest BCUT2D eigenvalue weighted by Gasteiger charge is 2.42. The van der Waals surface area contributed by atoms with Crippen LogP contribution in [-0.4, -0.2) is 44.2 Å². The molecule has 2 fully saturated rings. The summed E-state index contributed by atoms with van der Waals surface area (Å²) in [4.78, 5) is 28.0. The van der Waals surface area contributed by atoms with Crippen LogP contribution in [0.3, 0.4) is 0 Å². The monoisotopic (exact) mass is 480 g/mol. The van der Waals surface area contributed by atoms with Gasteiger partial charge in [0.1, 0.15) is 17.1 Å². The van der Waals surface area contributed by atoms with Crippen molar-refractivity contribution in [2.24, 2.45) is 5.92 Å². The van der Waals surface area contributed by atoms with Crippen LogP contribution in [0.1, 0.15) is 56.1 Å². The summed E-state index contributed by atoms with van der Waals surface area (Å²) >= 11 is 0. The van der Waals surface area contributed by atoms with Gasteiger partial charge < -0.3 is 24.4 Å². The lowest BCUT2D eigenvalue weighted by molar-refractivity contribution is -0.141. The van der Waals surface area contributed by atoms with Crippen LogP contribution in [0.4, 0.5) is 4.79 Å². The zero-order chi connectivity index (χ0) is 24.7. The highest BCUT2D eigenvalue weighted by molar-refractivity contribution is 5.79. The van der Waals surface area contributed by atoms with Crippen molar-refractivity contribution in [1.29, 1.82) is 0 Å². The summed E-state index contributed by atoms with van der Waals surface area (Å²) in [7, 11) is 3.19. The van der Waals surface area contributed by atoms with Gasteiger partial charge in [-0.1, -0.05) is 49.6 Å². The standard InChI is InChI=1S/C28H36N2O5/c1-33-24-14-13-22(25(19-24)34-2)20-29-27(32)35-28(23-11-7-4-8-12-23)15-17-30(18-16-28)26(31)21-9-5-3-6-10-21/h4,7-8,11-14,19,21H,3,5-6,9-10,15-18,20H2,1-2H3,(H,29,32). The lowest BCUT2D eigenvalue weighted by atomic mass is 9.82. The van der Waals surface area contributed by atoms with Crippen molar-refractivity contribution in [2.45, 2.75) is 57.1 Å². The van der Waals surface area contributed by atoms with E-state index in [2.05, 4.69) is 5.32 Å². The van der Waals surface area contributed by atoms with E-state index in [1.165, 1.54) is 6.42 Å². The summed E-state index contributed by atoms with van der Waals surface area (Å²) in [5.74, 6) is 1.74. The number of alkyl carbamates (subject to hydrolysis) is 1. The van der Waals surface area contributed by atoms with Gasteiger partial charge in [-0.2, -0.15) is 0 Å². The predicted octanol–water partition coefficient (Wildman–Crippen LogP) is 5.03. The van der Waals surface area contributed by atoms with Gasteiger partial charge >= 0.3 is 6.09 Å². The minimum Gasteiger partial charge on any atom is -0.497 e. The Hall–Kier alpha value is -3.22. The number of likely N-dealkylation sites (tertiary alicyclic amines) is 1. The smallest absolute Gasteiger partial charge is 0.408 e. The average molecular weight is 481 g/mol. The first-order valence-corrected chi connectivity index (χ1v) is 12.6. The molecule has 0 bridgehead atoms. The predicted molar refractivity (Wildman–Crippen MR) is 133 cm³/mol. The maximum Gasteiger partial charge on any atom is 0.408 e. The normalized spacial score (nSPS) is 17.9. The SMILES string of the molecule is COc1ccc(CNC(=O)OC2(c3ccccc3)CCN(C(=O)C3CCCCC3)CC2)c(OC)c1. The minimum atomic E-state index is -0.765. The van der Waals surface area contributed by atoms with Crippen LogP contribution < -0.4 is 14.8 Å². The van der Waals surface area contributed by atoms with Gasteiger partial charge in [-0.3, -0.25) is 4.79 Å². The molecule has 1 heterocycles. The highest BCUT2D eigenvalue weighted by atomic mass is 16.6. The molecule has 1 N–H and O–H groups in total. The molecule has 0 radical (unpaired) electrons. The van der Waals surface area contributed by atoms with Crippen LogP contribution in [0, 0.1) is 5.92 Å². The van der Waals surface area contributed by atoms with Crippen LogP contribution in [-0.2, 0) is 21.7 Å². The van der Waals surface area contributed by atoms with Crippen LogP contribution >= 0.6 is 0 Å². The molecule has 0 unspecified atom stereocenters. The van der Waals surface area contributed by atoms with Gasteiger partial charge in [0.2, 0.25) is 5.91 Å². The first-order valence-electron chi connectivity index (χ1n) is 12.6. The maximum atomic E-state index is 13.1. The van der Waals surface area contributed by atoms with E-state index in [9.17, 15) is 9.59 Å². The fraction of sp³-hybridized carbons (Fsp3) is 0.500. The molecule has 7 nitrogen and oxygen atoms in total. The number of methoxy groups -OCH3 is 2. The lowest BCUT2D eigenvalue weighted by Gasteiger charge is -2.42.